The molecule has 0 N–H and O–H groups in total. The summed E-state index contributed by atoms with van der Waals surface area (Å²) in [6.45, 7) is 4.73. The van der Waals surface area contributed by atoms with Crippen LogP contribution in [-0.4, -0.2) is 28.1 Å². The Balaban J connectivity index is 1.97. The summed E-state index contributed by atoms with van der Waals surface area (Å²) in [4.78, 5) is 18.3. The lowest BCUT2D eigenvalue weighted by Crippen LogP contribution is -2.31. The van der Waals surface area contributed by atoms with Crippen LogP contribution in [0.2, 0.25) is 0 Å². The van der Waals surface area contributed by atoms with Gasteiger partial charge in [0.2, 0.25) is 5.91 Å². The molecule has 1 aliphatic rings. The van der Waals surface area contributed by atoms with Crippen LogP contribution in [0.1, 0.15) is 30.3 Å². The van der Waals surface area contributed by atoms with E-state index >= 15 is 0 Å². The number of hydrogen-bond donors (Lipinski definition) is 0. The van der Waals surface area contributed by atoms with Crippen molar-refractivity contribution in [1.82, 2.24) is 9.88 Å². The summed E-state index contributed by atoms with van der Waals surface area (Å²) in [5, 5.41) is -0.170. The minimum Gasteiger partial charge on any atom is -0.325 e. The Morgan fingerprint density at radius 2 is 1.92 bits per heavy atom. The Morgan fingerprint density at radius 3 is 2.54 bits per heavy atom. The van der Waals surface area contributed by atoms with Gasteiger partial charge in [0.05, 0.1) is 11.3 Å². The zero-order valence-corrected chi connectivity index (χ0v) is 15.3. The maximum Gasteiger partial charge on any atom is 0.416 e. The number of alkyl halides is 3. The summed E-state index contributed by atoms with van der Waals surface area (Å²) in [6, 6.07) is 6.89. The van der Waals surface area contributed by atoms with Crippen molar-refractivity contribution in [3.05, 3.63) is 53.9 Å². The number of hydrogen-bond acceptors (Lipinski definition) is 3. The first-order valence-corrected chi connectivity index (χ1v) is 9.35. The molecule has 1 amide bonds. The van der Waals surface area contributed by atoms with Gasteiger partial charge in [0, 0.05) is 24.5 Å². The van der Waals surface area contributed by atoms with E-state index in [2.05, 4.69) is 4.98 Å². The first-order chi connectivity index (χ1) is 12.3. The molecule has 1 aromatic carbocycles. The molecule has 1 aromatic heterocycles. The van der Waals surface area contributed by atoms with E-state index in [1.165, 1.54) is 23.9 Å². The largest absolute Gasteiger partial charge is 0.416 e. The van der Waals surface area contributed by atoms with Gasteiger partial charge >= 0.3 is 6.18 Å². The number of pyridine rings is 1. The number of halogens is 3. The minimum absolute atomic E-state index is 0.0796. The molecule has 0 saturated carbocycles. The van der Waals surface area contributed by atoms with E-state index in [4.69, 9.17) is 0 Å². The Bertz CT molecular complexity index is 790. The van der Waals surface area contributed by atoms with Crippen molar-refractivity contribution >= 4 is 17.7 Å². The highest BCUT2D eigenvalue weighted by Crippen LogP contribution is 2.43. The SMILES string of the molecule is CC(C)CN1C(=O)CSC1c1cnccc1-c1ccc(C(F)(F)F)cc1. The van der Waals surface area contributed by atoms with Crippen molar-refractivity contribution in [1.29, 1.82) is 0 Å². The van der Waals surface area contributed by atoms with E-state index in [0.717, 1.165) is 23.3 Å². The van der Waals surface area contributed by atoms with Crippen molar-refractivity contribution < 1.29 is 18.0 Å². The van der Waals surface area contributed by atoms with Gasteiger partial charge in [-0.3, -0.25) is 9.78 Å². The summed E-state index contributed by atoms with van der Waals surface area (Å²) in [6.07, 6.45) is -1.04. The summed E-state index contributed by atoms with van der Waals surface area (Å²) in [7, 11) is 0. The molecule has 0 spiro atoms. The third-order valence-electron chi connectivity index (χ3n) is 4.17. The molecule has 2 heterocycles. The predicted octanol–water partition coefficient (Wildman–Crippen LogP) is 5.00. The minimum atomic E-state index is -4.36. The number of aromatic nitrogens is 1. The van der Waals surface area contributed by atoms with Gasteiger partial charge in [-0.1, -0.05) is 26.0 Å². The topological polar surface area (TPSA) is 33.2 Å². The standard InChI is InChI=1S/C19H19F3N2OS/c1-12(2)10-24-17(25)11-26-18(24)16-9-23-8-7-15(16)13-3-5-14(6-4-13)19(20,21)22/h3-9,12,18H,10-11H2,1-2H3. The highest BCUT2D eigenvalue weighted by atomic mass is 32.2. The van der Waals surface area contributed by atoms with E-state index in [-0.39, 0.29) is 11.3 Å². The molecule has 26 heavy (non-hydrogen) atoms. The molecular formula is C19H19F3N2OS. The smallest absolute Gasteiger partial charge is 0.325 e. The van der Waals surface area contributed by atoms with Crippen molar-refractivity contribution in [2.45, 2.75) is 25.4 Å². The van der Waals surface area contributed by atoms with Gasteiger partial charge in [-0.05, 0) is 35.2 Å². The average molecular weight is 380 g/mol. The van der Waals surface area contributed by atoms with Gasteiger partial charge in [0.15, 0.2) is 0 Å². The van der Waals surface area contributed by atoms with Crippen molar-refractivity contribution in [2.24, 2.45) is 5.92 Å². The van der Waals surface area contributed by atoms with E-state index in [1.807, 2.05) is 18.7 Å². The second-order valence-electron chi connectivity index (χ2n) is 6.64. The summed E-state index contributed by atoms with van der Waals surface area (Å²) >= 11 is 1.53. The average Bonchev–Trinajstić information content (AvgIpc) is 2.94. The predicted molar refractivity (Wildman–Crippen MR) is 96.4 cm³/mol. The fraction of sp³-hybridized carbons (Fsp3) is 0.368. The van der Waals surface area contributed by atoms with E-state index < -0.39 is 11.7 Å². The van der Waals surface area contributed by atoms with Crippen molar-refractivity contribution in [2.75, 3.05) is 12.3 Å². The van der Waals surface area contributed by atoms with Crippen LogP contribution in [0.25, 0.3) is 11.1 Å². The number of carbonyl (C=O) groups is 1. The van der Waals surface area contributed by atoms with Crippen LogP contribution >= 0.6 is 11.8 Å². The molecule has 1 atom stereocenters. The van der Waals surface area contributed by atoms with Crippen LogP contribution < -0.4 is 0 Å². The van der Waals surface area contributed by atoms with Crippen LogP contribution in [0.4, 0.5) is 13.2 Å². The van der Waals surface area contributed by atoms with Gasteiger partial charge < -0.3 is 4.90 Å². The Hall–Kier alpha value is -2.02. The molecule has 3 nitrogen and oxygen atoms in total. The second kappa shape index (κ2) is 7.31. The molecular weight excluding hydrogens is 361 g/mol. The number of amides is 1. The zero-order chi connectivity index (χ0) is 18.9. The van der Waals surface area contributed by atoms with Gasteiger partial charge in [0.25, 0.3) is 0 Å². The lowest BCUT2D eigenvalue weighted by Gasteiger charge is -2.27. The number of carbonyl (C=O) groups excluding carboxylic acids is 1. The first kappa shape index (κ1) is 18.8. The fourth-order valence-corrected chi connectivity index (χ4v) is 4.22. The van der Waals surface area contributed by atoms with Gasteiger partial charge in [-0.2, -0.15) is 13.2 Å². The normalized spacial score (nSPS) is 18.0. The number of rotatable bonds is 4. The quantitative estimate of drug-likeness (QED) is 0.749. The summed E-state index contributed by atoms with van der Waals surface area (Å²) in [5.41, 5.74) is 1.65. The van der Waals surface area contributed by atoms with Crippen LogP contribution in [-0.2, 0) is 11.0 Å². The van der Waals surface area contributed by atoms with Gasteiger partial charge in [-0.25, -0.2) is 0 Å². The molecule has 3 rings (SSSR count). The third-order valence-corrected chi connectivity index (χ3v) is 5.41. The highest BCUT2D eigenvalue weighted by Gasteiger charge is 2.35. The molecule has 138 valence electrons. The Labute approximate surface area is 154 Å². The number of thioether (sulfide) groups is 1. The third kappa shape index (κ3) is 3.87. The Morgan fingerprint density at radius 1 is 1.23 bits per heavy atom. The lowest BCUT2D eigenvalue weighted by atomic mass is 9.99. The molecule has 1 fully saturated rings. The van der Waals surface area contributed by atoms with E-state index in [9.17, 15) is 18.0 Å². The van der Waals surface area contributed by atoms with Gasteiger partial charge in [-0.15, -0.1) is 11.8 Å². The fourth-order valence-electron chi connectivity index (χ4n) is 3.01. The van der Waals surface area contributed by atoms with Crippen LogP contribution in [0.5, 0.6) is 0 Å². The molecule has 0 aliphatic carbocycles. The number of benzene rings is 1. The summed E-state index contributed by atoms with van der Waals surface area (Å²) < 4.78 is 38.4. The van der Waals surface area contributed by atoms with E-state index in [0.29, 0.717) is 23.8 Å². The van der Waals surface area contributed by atoms with Gasteiger partial charge in [0.1, 0.15) is 5.37 Å². The molecule has 1 aliphatic heterocycles. The van der Waals surface area contributed by atoms with Crippen LogP contribution in [0.3, 0.4) is 0 Å². The lowest BCUT2D eigenvalue weighted by molar-refractivity contribution is -0.137. The van der Waals surface area contributed by atoms with E-state index in [1.54, 1.807) is 18.5 Å². The second-order valence-corrected chi connectivity index (χ2v) is 7.71. The molecule has 7 heteroatoms. The first-order valence-electron chi connectivity index (χ1n) is 8.30. The zero-order valence-electron chi connectivity index (χ0n) is 14.5. The molecule has 2 aromatic rings. The molecule has 0 bridgehead atoms. The van der Waals surface area contributed by atoms with Crippen molar-refractivity contribution in [3.63, 3.8) is 0 Å². The molecule has 1 unspecified atom stereocenters. The molecule has 1 saturated heterocycles. The summed E-state index contributed by atoms with van der Waals surface area (Å²) in [5.74, 6) is 0.806. The van der Waals surface area contributed by atoms with Crippen LogP contribution in [0.15, 0.2) is 42.7 Å². The Kier molecular flexibility index (Phi) is 5.27. The maximum atomic E-state index is 12.8. The van der Waals surface area contributed by atoms with Crippen molar-refractivity contribution in [3.8, 4) is 11.1 Å². The highest BCUT2D eigenvalue weighted by molar-refractivity contribution is 8.00. The van der Waals surface area contributed by atoms with Crippen LogP contribution in [0, 0.1) is 5.92 Å². The number of nitrogens with zero attached hydrogens (tertiary/aromatic N) is 2. The molecule has 0 radical (unpaired) electrons. The maximum absolute atomic E-state index is 12.8. The monoisotopic (exact) mass is 380 g/mol.